The lowest BCUT2D eigenvalue weighted by molar-refractivity contribution is -0.0616. The number of hydrogen-bond donors (Lipinski definition) is 1. The number of carbonyl (C=O) groups excluding carboxylic acids is 1. The maximum Gasteiger partial charge on any atom is 0.287 e. The van der Waals surface area contributed by atoms with Gasteiger partial charge in [-0.1, -0.05) is 0 Å². The molecule has 4 nitrogen and oxygen atoms in total. The van der Waals surface area contributed by atoms with Gasteiger partial charge in [0.05, 0.1) is 11.9 Å². The Balaban J connectivity index is 1.92. The molecule has 0 saturated carbocycles. The minimum absolute atomic E-state index is 0.146. The zero-order chi connectivity index (χ0) is 11.6. The normalized spacial score (nSPS) is 24.0. The van der Waals surface area contributed by atoms with Gasteiger partial charge >= 0.3 is 0 Å². The van der Waals surface area contributed by atoms with Gasteiger partial charge in [-0.2, -0.15) is 0 Å². The molecule has 2 heterocycles. The summed E-state index contributed by atoms with van der Waals surface area (Å²) in [5.41, 5.74) is -0.153. The molecule has 1 N–H and O–H groups in total. The molecule has 1 aromatic heterocycles. The van der Waals surface area contributed by atoms with E-state index in [0.29, 0.717) is 12.4 Å². The minimum Gasteiger partial charge on any atom is -0.459 e. The maximum absolute atomic E-state index is 11.7. The lowest BCUT2D eigenvalue weighted by atomic mass is 9.94. The molecular formula is C12H17NO3. The molecule has 1 saturated heterocycles. The van der Waals surface area contributed by atoms with E-state index in [4.69, 9.17) is 9.15 Å². The SMILES string of the molecule is CC1(C)CC(NC(=O)c2ccco2)CCO1. The van der Waals surface area contributed by atoms with E-state index >= 15 is 0 Å². The standard InChI is InChI=1S/C12H17NO3/c1-12(2)8-9(5-7-16-12)13-11(14)10-4-3-6-15-10/h3-4,6,9H,5,7-8H2,1-2H3,(H,13,14). The van der Waals surface area contributed by atoms with Crippen LogP contribution in [-0.2, 0) is 4.74 Å². The zero-order valence-electron chi connectivity index (χ0n) is 9.66. The second kappa shape index (κ2) is 4.29. The van der Waals surface area contributed by atoms with Crippen molar-refractivity contribution in [2.75, 3.05) is 6.61 Å². The summed E-state index contributed by atoms with van der Waals surface area (Å²) in [7, 11) is 0. The quantitative estimate of drug-likeness (QED) is 0.834. The maximum atomic E-state index is 11.7. The monoisotopic (exact) mass is 223 g/mol. The highest BCUT2D eigenvalue weighted by Gasteiger charge is 2.30. The van der Waals surface area contributed by atoms with Crippen LogP contribution >= 0.6 is 0 Å². The van der Waals surface area contributed by atoms with E-state index in [1.807, 2.05) is 13.8 Å². The summed E-state index contributed by atoms with van der Waals surface area (Å²) in [6.45, 7) is 4.77. The van der Waals surface area contributed by atoms with Crippen molar-refractivity contribution in [1.82, 2.24) is 5.32 Å². The summed E-state index contributed by atoms with van der Waals surface area (Å²) in [6.07, 6.45) is 3.19. The Morgan fingerprint density at radius 3 is 3.00 bits per heavy atom. The number of hydrogen-bond acceptors (Lipinski definition) is 3. The fourth-order valence-electron chi connectivity index (χ4n) is 2.02. The van der Waals surface area contributed by atoms with Crippen LogP contribution in [0.3, 0.4) is 0 Å². The summed E-state index contributed by atoms with van der Waals surface area (Å²) in [5.74, 6) is 0.219. The summed E-state index contributed by atoms with van der Waals surface area (Å²) in [6, 6.07) is 3.55. The topological polar surface area (TPSA) is 51.5 Å². The second-order valence-corrected chi connectivity index (χ2v) is 4.75. The smallest absolute Gasteiger partial charge is 0.287 e. The molecule has 1 fully saturated rings. The first-order valence-corrected chi connectivity index (χ1v) is 5.55. The van der Waals surface area contributed by atoms with Crippen LogP contribution < -0.4 is 5.32 Å². The highest BCUT2D eigenvalue weighted by atomic mass is 16.5. The molecular weight excluding hydrogens is 206 g/mol. The molecule has 0 radical (unpaired) electrons. The molecule has 4 heteroatoms. The average Bonchev–Trinajstić information content (AvgIpc) is 2.68. The van der Waals surface area contributed by atoms with Gasteiger partial charge in [0.25, 0.3) is 5.91 Å². The van der Waals surface area contributed by atoms with Gasteiger partial charge in [0.2, 0.25) is 0 Å². The lowest BCUT2D eigenvalue weighted by Gasteiger charge is -2.35. The van der Waals surface area contributed by atoms with Crippen molar-refractivity contribution in [3.05, 3.63) is 24.2 Å². The van der Waals surface area contributed by atoms with Gasteiger partial charge < -0.3 is 14.5 Å². The molecule has 88 valence electrons. The van der Waals surface area contributed by atoms with Gasteiger partial charge in [-0.3, -0.25) is 4.79 Å². The first kappa shape index (κ1) is 11.2. The first-order valence-electron chi connectivity index (χ1n) is 5.55. The molecule has 0 aliphatic carbocycles. The van der Waals surface area contributed by atoms with Gasteiger partial charge in [0.15, 0.2) is 5.76 Å². The highest BCUT2D eigenvalue weighted by molar-refractivity contribution is 5.91. The summed E-state index contributed by atoms with van der Waals surface area (Å²) >= 11 is 0. The van der Waals surface area contributed by atoms with E-state index in [-0.39, 0.29) is 17.6 Å². The van der Waals surface area contributed by atoms with Crippen molar-refractivity contribution in [1.29, 1.82) is 0 Å². The fraction of sp³-hybridized carbons (Fsp3) is 0.583. The number of carbonyl (C=O) groups is 1. The number of ether oxygens (including phenoxy) is 1. The van der Waals surface area contributed by atoms with Crippen LogP contribution in [0.4, 0.5) is 0 Å². The highest BCUT2D eigenvalue weighted by Crippen LogP contribution is 2.24. The molecule has 1 amide bonds. The molecule has 2 rings (SSSR count). The van der Waals surface area contributed by atoms with Crippen LogP contribution in [-0.4, -0.2) is 24.2 Å². The zero-order valence-corrected chi connectivity index (χ0v) is 9.66. The molecule has 1 atom stereocenters. The van der Waals surface area contributed by atoms with Gasteiger partial charge in [0.1, 0.15) is 0 Å². The van der Waals surface area contributed by atoms with E-state index in [2.05, 4.69) is 5.32 Å². The van der Waals surface area contributed by atoms with Crippen LogP contribution in [0, 0.1) is 0 Å². The van der Waals surface area contributed by atoms with Gasteiger partial charge in [0, 0.05) is 12.6 Å². The molecule has 0 bridgehead atoms. The van der Waals surface area contributed by atoms with Crippen LogP contribution in [0.2, 0.25) is 0 Å². The lowest BCUT2D eigenvalue weighted by Crippen LogP contribution is -2.45. The van der Waals surface area contributed by atoms with Gasteiger partial charge in [-0.05, 0) is 38.8 Å². The molecule has 1 aliphatic rings. The third kappa shape index (κ3) is 2.64. The van der Waals surface area contributed by atoms with Crippen molar-refractivity contribution in [2.45, 2.75) is 38.3 Å². The van der Waals surface area contributed by atoms with Crippen molar-refractivity contribution in [3.8, 4) is 0 Å². The van der Waals surface area contributed by atoms with E-state index < -0.39 is 0 Å². The predicted molar refractivity (Wildman–Crippen MR) is 59.2 cm³/mol. The van der Waals surface area contributed by atoms with Crippen molar-refractivity contribution >= 4 is 5.91 Å². The molecule has 16 heavy (non-hydrogen) atoms. The van der Waals surface area contributed by atoms with Gasteiger partial charge in [-0.25, -0.2) is 0 Å². The van der Waals surface area contributed by atoms with Crippen molar-refractivity contribution < 1.29 is 13.9 Å². The Labute approximate surface area is 95.0 Å². The van der Waals surface area contributed by atoms with E-state index in [0.717, 1.165) is 12.8 Å². The van der Waals surface area contributed by atoms with Crippen LogP contribution in [0.1, 0.15) is 37.2 Å². The molecule has 1 unspecified atom stereocenters. The Bertz CT molecular complexity index is 356. The Kier molecular flexibility index (Phi) is 3.01. The number of rotatable bonds is 2. The first-order chi connectivity index (χ1) is 7.57. The third-order valence-corrected chi connectivity index (χ3v) is 2.78. The van der Waals surface area contributed by atoms with E-state index in [1.165, 1.54) is 6.26 Å². The van der Waals surface area contributed by atoms with Crippen LogP contribution in [0.15, 0.2) is 22.8 Å². The van der Waals surface area contributed by atoms with Crippen LogP contribution in [0.5, 0.6) is 0 Å². The Morgan fingerprint density at radius 1 is 1.56 bits per heavy atom. The van der Waals surface area contributed by atoms with Gasteiger partial charge in [-0.15, -0.1) is 0 Å². The summed E-state index contributed by atoms with van der Waals surface area (Å²) in [5, 5.41) is 2.96. The largest absolute Gasteiger partial charge is 0.459 e. The average molecular weight is 223 g/mol. The van der Waals surface area contributed by atoms with Crippen molar-refractivity contribution in [2.24, 2.45) is 0 Å². The summed E-state index contributed by atoms with van der Waals surface area (Å²) in [4.78, 5) is 11.7. The Morgan fingerprint density at radius 2 is 2.38 bits per heavy atom. The van der Waals surface area contributed by atoms with E-state index in [1.54, 1.807) is 12.1 Å². The van der Waals surface area contributed by atoms with E-state index in [9.17, 15) is 4.79 Å². The number of nitrogens with one attached hydrogen (secondary N) is 1. The molecule has 1 aromatic rings. The third-order valence-electron chi connectivity index (χ3n) is 2.78. The van der Waals surface area contributed by atoms with Crippen molar-refractivity contribution in [3.63, 3.8) is 0 Å². The summed E-state index contributed by atoms with van der Waals surface area (Å²) < 4.78 is 10.6. The molecule has 1 aliphatic heterocycles. The Hall–Kier alpha value is -1.29. The molecule has 0 aromatic carbocycles. The molecule has 0 spiro atoms. The predicted octanol–water partition coefficient (Wildman–Crippen LogP) is 1.97. The minimum atomic E-state index is -0.153. The second-order valence-electron chi connectivity index (χ2n) is 4.75. The fourth-order valence-corrected chi connectivity index (χ4v) is 2.02. The number of amides is 1. The van der Waals surface area contributed by atoms with Crippen LogP contribution in [0.25, 0.3) is 0 Å². The number of furan rings is 1.